The lowest BCUT2D eigenvalue weighted by Crippen LogP contribution is -2.41. The summed E-state index contributed by atoms with van der Waals surface area (Å²) in [6.07, 6.45) is 12.5. The van der Waals surface area contributed by atoms with Crippen molar-refractivity contribution >= 4 is 9.84 Å². The van der Waals surface area contributed by atoms with Gasteiger partial charge in [0.2, 0.25) is 0 Å². The highest BCUT2D eigenvalue weighted by atomic mass is 32.2. The Bertz CT molecular complexity index is 391. The van der Waals surface area contributed by atoms with Crippen LogP contribution in [-0.4, -0.2) is 19.9 Å². The van der Waals surface area contributed by atoms with Crippen LogP contribution in [0.5, 0.6) is 0 Å². The van der Waals surface area contributed by atoms with Crippen LogP contribution in [0.1, 0.15) is 44.9 Å². The molecule has 0 aromatic carbocycles. The molecule has 0 radical (unpaired) electrons. The lowest BCUT2D eigenvalue weighted by molar-refractivity contribution is 0.0785. The van der Waals surface area contributed by atoms with Crippen LogP contribution in [0.2, 0.25) is 0 Å². The Morgan fingerprint density at radius 3 is 1.81 bits per heavy atom. The van der Waals surface area contributed by atoms with Crippen LogP contribution in [0.15, 0.2) is 12.2 Å². The molecule has 1 saturated heterocycles. The summed E-state index contributed by atoms with van der Waals surface area (Å²) in [5.41, 5.74) is 0.216. The van der Waals surface area contributed by atoms with Gasteiger partial charge in [0.1, 0.15) is 0 Å². The van der Waals surface area contributed by atoms with E-state index in [9.17, 15) is 8.42 Å². The largest absolute Gasteiger partial charge is 0.229 e. The van der Waals surface area contributed by atoms with Crippen molar-refractivity contribution < 1.29 is 8.42 Å². The van der Waals surface area contributed by atoms with Crippen LogP contribution in [0, 0.1) is 10.8 Å². The van der Waals surface area contributed by atoms with Crippen LogP contribution in [0.25, 0.3) is 0 Å². The Kier molecular flexibility index (Phi) is 2.26. The molecule has 0 spiro atoms. The van der Waals surface area contributed by atoms with Crippen LogP contribution in [-0.2, 0) is 9.84 Å². The number of sulfone groups is 1. The van der Waals surface area contributed by atoms with Gasteiger partial charge < -0.3 is 0 Å². The minimum Gasteiger partial charge on any atom is -0.229 e. The third kappa shape index (κ3) is 1.40. The summed E-state index contributed by atoms with van der Waals surface area (Å²) in [4.78, 5) is 0. The van der Waals surface area contributed by atoms with Crippen molar-refractivity contribution in [3.63, 3.8) is 0 Å². The zero-order valence-corrected chi connectivity index (χ0v) is 10.6. The van der Waals surface area contributed by atoms with Crippen molar-refractivity contribution in [2.45, 2.75) is 44.9 Å². The zero-order valence-electron chi connectivity index (χ0n) is 9.74. The zero-order chi connectivity index (χ0) is 11.3. The molecule has 0 N–H and O–H groups in total. The molecule has 0 aromatic heterocycles. The minimum atomic E-state index is -2.79. The van der Waals surface area contributed by atoms with E-state index in [1.165, 1.54) is 19.3 Å². The normalized spacial score (nSPS) is 45.8. The molecule has 0 aromatic rings. The van der Waals surface area contributed by atoms with Crippen molar-refractivity contribution in [1.29, 1.82) is 0 Å². The Hall–Kier alpha value is -0.310. The molecule has 2 atom stereocenters. The summed E-state index contributed by atoms with van der Waals surface area (Å²) in [7, 11) is -2.79. The van der Waals surface area contributed by atoms with Gasteiger partial charge in [-0.3, -0.25) is 0 Å². The van der Waals surface area contributed by atoms with Crippen molar-refractivity contribution in [2.24, 2.45) is 10.8 Å². The Labute approximate surface area is 98.0 Å². The van der Waals surface area contributed by atoms with Gasteiger partial charge in [-0.1, -0.05) is 31.4 Å². The first-order chi connectivity index (χ1) is 7.58. The maximum Gasteiger partial charge on any atom is 0.151 e. The molecule has 2 nitrogen and oxygen atoms in total. The number of allylic oxidation sites excluding steroid dienone is 2. The van der Waals surface area contributed by atoms with E-state index in [1.807, 2.05) is 0 Å². The first-order valence-electron chi connectivity index (χ1n) is 6.43. The predicted octanol–water partition coefficient (Wildman–Crippen LogP) is 2.70. The lowest BCUT2D eigenvalue weighted by atomic mass is 9.57. The molecule has 3 rings (SSSR count). The minimum absolute atomic E-state index is 0.108. The molecule has 3 aliphatic rings. The van der Waals surface area contributed by atoms with E-state index in [0.717, 1.165) is 25.7 Å². The molecule has 2 unspecified atom stereocenters. The maximum atomic E-state index is 12.0. The molecule has 0 amide bonds. The second-order valence-electron chi connectivity index (χ2n) is 6.03. The summed E-state index contributed by atoms with van der Waals surface area (Å²) < 4.78 is 24.1. The van der Waals surface area contributed by atoms with Crippen LogP contribution >= 0.6 is 0 Å². The topological polar surface area (TPSA) is 34.1 Å². The summed E-state index contributed by atoms with van der Waals surface area (Å²) in [5, 5.41) is 0. The standard InChI is InChI=1S/C13H20O2S/c14-16(15)10-12-6-2-1-3-7-13(12,11-16)9-5-4-8-12/h4-5H,1-3,6-11H2. The van der Waals surface area contributed by atoms with Gasteiger partial charge >= 0.3 is 0 Å². The monoisotopic (exact) mass is 240 g/mol. The van der Waals surface area contributed by atoms with Gasteiger partial charge in [-0.05, 0) is 36.5 Å². The van der Waals surface area contributed by atoms with Crippen LogP contribution in [0.3, 0.4) is 0 Å². The molecule has 16 heavy (non-hydrogen) atoms. The molecule has 1 aliphatic heterocycles. The average molecular weight is 240 g/mol. The van der Waals surface area contributed by atoms with Gasteiger partial charge in [-0.2, -0.15) is 0 Å². The Balaban J connectivity index is 2.10. The first kappa shape index (κ1) is 10.8. The molecule has 3 heteroatoms. The van der Waals surface area contributed by atoms with E-state index in [4.69, 9.17) is 0 Å². The fourth-order valence-electron chi connectivity index (χ4n) is 4.35. The van der Waals surface area contributed by atoms with Gasteiger partial charge in [0.15, 0.2) is 9.84 Å². The van der Waals surface area contributed by atoms with Gasteiger partial charge in [0, 0.05) is 0 Å². The molecule has 2 fully saturated rings. The van der Waals surface area contributed by atoms with E-state index in [1.54, 1.807) is 0 Å². The second kappa shape index (κ2) is 3.34. The number of hydrogen-bond acceptors (Lipinski definition) is 2. The van der Waals surface area contributed by atoms with E-state index >= 15 is 0 Å². The summed E-state index contributed by atoms with van der Waals surface area (Å²) in [5.74, 6) is 0.925. The third-order valence-electron chi connectivity index (χ3n) is 5.11. The Morgan fingerprint density at radius 2 is 1.31 bits per heavy atom. The van der Waals surface area contributed by atoms with E-state index in [0.29, 0.717) is 11.5 Å². The van der Waals surface area contributed by atoms with Gasteiger partial charge in [-0.15, -0.1) is 0 Å². The molecule has 1 saturated carbocycles. The van der Waals surface area contributed by atoms with Crippen LogP contribution < -0.4 is 0 Å². The lowest BCUT2D eigenvalue weighted by Gasteiger charge is -2.45. The van der Waals surface area contributed by atoms with Crippen LogP contribution in [0.4, 0.5) is 0 Å². The average Bonchev–Trinajstić information content (AvgIpc) is 2.33. The number of hydrogen-bond donors (Lipinski definition) is 0. The Morgan fingerprint density at radius 1 is 0.812 bits per heavy atom. The maximum absolute atomic E-state index is 12.0. The third-order valence-corrected chi connectivity index (χ3v) is 7.10. The second-order valence-corrected chi connectivity index (χ2v) is 8.10. The smallest absolute Gasteiger partial charge is 0.151 e. The highest BCUT2D eigenvalue weighted by Gasteiger charge is 2.59. The molecular weight excluding hydrogens is 220 g/mol. The molecule has 2 aliphatic carbocycles. The number of rotatable bonds is 0. The van der Waals surface area contributed by atoms with Gasteiger partial charge in [-0.25, -0.2) is 8.42 Å². The fourth-order valence-corrected chi connectivity index (χ4v) is 7.27. The molecule has 1 heterocycles. The van der Waals surface area contributed by atoms with Crippen molar-refractivity contribution in [3.8, 4) is 0 Å². The summed E-state index contributed by atoms with van der Waals surface area (Å²) in [6.45, 7) is 0. The predicted molar refractivity (Wildman–Crippen MR) is 65.0 cm³/mol. The molecular formula is C13H20O2S. The van der Waals surface area contributed by atoms with Gasteiger partial charge in [0.05, 0.1) is 11.5 Å². The van der Waals surface area contributed by atoms with Crippen molar-refractivity contribution in [3.05, 3.63) is 12.2 Å². The quantitative estimate of drug-likeness (QED) is 0.610. The SMILES string of the molecule is O=S1(=O)CC23CC=CCC2(CCCCC3)C1. The van der Waals surface area contributed by atoms with E-state index < -0.39 is 9.84 Å². The van der Waals surface area contributed by atoms with Crippen molar-refractivity contribution in [2.75, 3.05) is 11.5 Å². The highest BCUT2D eigenvalue weighted by molar-refractivity contribution is 7.91. The summed E-state index contributed by atoms with van der Waals surface area (Å²) in [6, 6.07) is 0. The molecule has 0 bridgehead atoms. The molecule has 90 valence electrons. The van der Waals surface area contributed by atoms with E-state index in [-0.39, 0.29) is 10.8 Å². The summed E-state index contributed by atoms with van der Waals surface area (Å²) >= 11 is 0. The fraction of sp³-hybridized carbons (Fsp3) is 0.846. The van der Waals surface area contributed by atoms with Gasteiger partial charge in [0.25, 0.3) is 0 Å². The first-order valence-corrected chi connectivity index (χ1v) is 8.25. The van der Waals surface area contributed by atoms with E-state index in [2.05, 4.69) is 12.2 Å². The van der Waals surface area contributed by atoms with Crippen molar-refractivity contribution in [1.82, 2.24) is 0 Å². The highest BCUT2D eigenvalue weighted by Crippen LogP contribution is 2.61.